The van der Waals surface area contributed by atoms with Crippen LogP contribution in [0, 0.1) is 13.8 Å². The number of pyridine rings is 1. The number of aryl methyl sites for hydroxylation is 2. The van der Waals surface area contributed by atoms with Crippen molar-refractivity contribution in [3.05, 3.63) is 41.3 Å². The molecule has 0 amide bonds. The van der Waals surface area contributed by atoms with Gasteiger partial charge in [-0.05, 0) is 51.3 Å². The quantitative estimate of drug-likeness (QED) is 0.612. The van der Waals surface area contributed by atoms with Crippen molar-refractivity contribution in [1.82, 2.24) is 25.4 Å². The van der Waals surface area contributed by atoms with Gasteiger partial charge in [0.1, 0.15) is 0 Å². The Hall–Kier alpha value is -2.41. The smallest absolute Gasteiger partial charge is 0.191 e. The standard InChI is InChI=1S/C19H28N6O/c1-4-20-19(23-13-17-6-5-9-26-17)22-12-16-7-8-18(21-11-16)25-15(3)10-14(2)24-25/h7-8,10-11,17H,4-6,9,12-13H2,1-3H3,(H2,20,22,23). The number of hydrogen-bond acceptors (Lipinski definition) is 4. The van der Waals surface area contributed by atoms with E-state index in [-0.39, 0.29) is 0 Å². The van der Waals surface area contributed by atoms with Gasteiger partial charge < -0.3 is 15.4 Å². The Bertz CT molecular complexity index is 731. The van der Waals surface area contributed by atoms with Crippen molar-refractivity contribution in [2.24, 2.45) is 4.99 Å². The molecule has 1 aliphatic heterocycles. The van der Waals surface area contributed by atoms with Crippen LogP contribution in [0.3, 0.4) is 0 Å². The lowest BCUT2D eigenvalue weighted by molar-refractivity contribution is 0.114. The fraction of sp³-hybridized carbons (Fsp3) is 0.526. The van der Waals surface area contributed by atoms with E-state index in [1.54, 1.807) is 0 Å². The highest BCUT2D eigenvalue weighted by Crippen LogP contribution is 2.11. The molecule has 1 fully saturated rings. The Morgan fingerprint density at radius 3 is 2.85 bits per heavy atom. The van der Waals surface area contributed by atoms with E-state index in [1.165, 1.54) is 0 Å². The van der Waals surface area contributed by atoms with Gasteiger partial charge in [-0.15, -0.1) is 0 Å². The van der Waals surface area contributed by atoms with E-state index in [1.807, 2.05) is 42.9 Å². The van der Waals surface area contributed by atoms with E-state index in [9.17, 15) is 0 Å². The largest absolute Gasteiger partial charge is 0.376 e. The zero-order valence-corrected chi connectivity index (χ0v) is 15.8. The van der Waals surface area contributed by atoms with Crippen molar-refractivity contribution in [2.75, 3.05) is 19.7 Å². The summed E-state index contributed by atoms with van der Waals surface area (Å²) in [5.74, 6) is 1.64. The molecule has 0 aliphatic carbocycles. The van der Waals surface area contributed by atoms with Crippen LogP contribution in [-0.4, -0.2) is 46.5 Å². The molecular weight excluding hydrogens is 328 g/mol. The molecule has 3 rings (SSSR count). The average molecular weight is 356 g/mol. The van der Waals surface area contributed by atoms with Gasteiger partial charge in [-0.2, -0.15) is 5.10 Å². The molecule has 7 nitrogen and oxygen atoms in total. The van der Waals surface area contributed by atoms with Crippen LogP contribution < -0.4 is 10.6 Å². The molecule has 0 radical (unpaired) electrons. The first-order valence-electron chi connectivity index (χ1n) is 9.28. The summed E-state index contributed by atoms with van der Waals surface area (Å²) in [6, 6.07) is 6.07. The number of nitrogens with zero attached hydrogens (tertiary/aromatic N) is 4. The molecule has 1 atom stereocenters. The van der Waals surface area contributed by atoms with E-state index >= 15 is 0 Å². The summed E-state index contributed by atoms with van der Waals surface area (Å²) < 4.78 is 7.50. The van der Waals surface area contributed by atoms with Crippen molar-refractivity contribution >= 4 is 5.96 Å². The second-order valence-electron chi connectivity index (χ2n) is 6.57. The molecule has 1 aliphatic rings. The Morgan fingerprint density at radius 2 is 2.23 bits per heavy atom. The number of guanidine groups is 1. The minimum absolute atomic E-state index is 0.292. The first-order valence-corrected chi connectivity index (χ1v) is 9.28. The van der Waals surface area contributed by atoms with Gasteiger partial charge in [0.2, 0.25) is 0 Å². The molecule has 2 N–H and O–H groups in total. The van der Waals surface area contributed by atoms with E-state index in [0.717, 1.165) is 61.3 Å². The summed E-state index contributed by atoms with van der Waals surface area (Å²) in [5, 5.41) is 11.1. The fourth-order valence-electron chi connectivity index (χ4n) is 3.02. The highest BCUT2D eigenvalue weighted by molar-refractivity contribution is 5.79. The first-order chi connectivity index (χ1) is 12.7. The minimum atomic E-state index is 0.292. The number of nitrogens with one attached hydrogen (secondary N) is 2. The van der Waals surface area contributed by atoms with Crippen LogP contribution in [0.15, 0.2) is 29.4 Å². The average Bonchev–Trinajstić information content (AvgIpc) is 3.27. The van der Waals surface area contributed by atoms with E-state index in [0.29, 0.717) is 12.6 Å². The summed E-state index contributed by atoms with van der Waals surface area (Å²) in [6.07, 6.45) is 4.41. The SMILES string of the molecule is CCNC(=NCc1ccc(-n2nc(C)cc2C)nc1)NCC1CCCO1. The molecular formula is C19H28N6O. The summed E-state index contributed by atoms with van der Waals surface area (Å²) in [4.78, 5) is 9.17. The van der Waals surface area contributed by atoms with E-state index < -0.39 is 0 Å². The molecule has 0 bridgehead atoms. The van der Waals surface area contributed by atoms with Gasteiger partial charge in [0.25, 0.3) is 0 Å². The fourth-order valence-corrected chi connectivity index (χ4v) is 3.02. The molecule has 1 saturated heterocycles. The first kappa shape index (κ1) is 18.4. The lowest BCUT2D eigenvalue weighted by atomic mass is 10.2. The molecule has 0 spiro atoms. The highest BCUT2D eigenvalue weighted by Gasteiger charge is 2.15. The van der Waals surface area contributed by atoms with Gasteiger partial charge in [0.05, 0.1) is 18.3 Å². The van der Waals surface area contributed by atoms with Crippen LogP contribution in [0.1, 0.15) is 36.7 Å². The van der Waals surface area contributed by atoms with Crippen LogP contribution in [-0.2, 0) is 11.3 Å². The molecule has 2 aromatic heterocycles. The molecule has 26 heavy (non-hydrogen) atoms. The molecule has 1 unspecified atom stereocenters. The van der Waals surface area contributed by atoms with Crippen molar-refractivity contribution in [3.8, 4) is 5.82 Å². The van der Waals surface area contributed by atoms with Gasteiger partial charge >= 0.3 is 0 Å². The third kappa shape index (κ3) is 4.82. The number of ether oxygens (including phenoxy) is 1. The van der Waals surface area contributed by atoms with Crippen molar-refractivity contribution < 1.29 is 4.74 Å². The Morgan fingerprint density at radius 1 is 1.35 bits per heavy atom. The highest BCUT2D eigenvalue weighted by atomic mass is 16.5. The lowest BCUT2D eigenvalue weighted by Gasteiger charge is -2.14. The molecule has 2 aromatic rings. The van der Waals surface area contributed by atoms with Crippen molar-refractivity contribution in [1.29, 1.82) is 0 Å². The maximum absolute atomic E-state index is 5.65. The third-order valence-electron chi connectivity index (χ3n) is 4.32. The normalized spacial score (nSPS) is 17.5. The topological polar surface area (TPSA) is 76.4 Å². The number of hydrogen-bond donors (Lipinski definition) is 2. The monoisotopic (exact) mass is 356 g/mol. The molecule has 0 saturated carbocycles. The Labute approximate surface area is 154 Å². The molecule has 7 heteroatoms. The predicted octanol–water partition coefficient (Wildman–Crippen LogP) is 2.12. The zero-order valence-electron chi connectivity index (χ0n) is 15.8. The summed E-state index contributed by atoms with van der Waals surface area (Å²) in [5.41, 5.74) is 3.13. The summed E-state index contributed by atoms with van der Waals surface area (Å²) in [7, 11) is 0. The number of aliphatic imine (C=N–C) groups is 1. The van der Waals surface area contributed by atoms with Gasteiger partial charge in [-0.1, -0.05) is 6.07 Å². The van der Waals surface area contributed by atoms with Crippen LogP contribution in [0.25, 0.3) is 5.82 Å². The van der Waals surface area contributed by atoms with Crippen LogP contribution >= 0.6 is 0 Å². The van der Waals surface area contributed by atoms with Gasteiger partial charge in [-0.25, -0.2) is 14.7 Å². The van der Waals surface area contributed by atoms with Crippen LogP contribution in [0.5, 0.6) is 0 Å². The molecule has 140 valence electrons. The minimum Gasteiger partial charge on any atom is -0.376 e. The number of rotatable bonds is 6. The van der Waals surface area contributed by atoms with E-state index in [4.69, 9.17) is 4.74 Å². The predicted molar refractivity (Wildman–Crippen MR) is 103 cm³/mol. The second-order valence-corrected chi connectivity index (χ2v) is 6.57. The zero-order chi connectivity index (χ0) is 18.4. The van der Waals surface area contributed by atoms with Crippen molar-refractivity contribution in [3.63, 3.8) is 0 Å². The Kier molecular flexibility index (Phi) is 6.22. The third-order valence-corrected chi connectivity index (χ3v) is 4.32. The lowest BCUT2D eigenvalue weighted by Crippen LogP contribution is -2.41. The van der Waals surface area contributed by atoms with Gasteiger partial charge in [-0.3, -0.25) is 0 Å². The van der Waals surface area contributed by atoms with Crippen molar-refractivity contribution in [2.45, 2.75) is 46.3 Å². The maximum Gasteiger partial charge on any atom is 0.191 e. The Balaban J connectivity index is 1.60. The molecule has 3 heterocycles. The van der Waals surface area contributed by atoms with Crippen LogP contribution in [0.2, 0.25) is 0 Å². The maximum atomic E-state index is 5.65. The number of aromatic nitrogens is 3. The second kappa shape index (κ2) is 8.80. The van der Waals surface area contributed by atoms with Crippen LogP contribution in [0.4, 0.5) is 0 Å². The van der Waals surface area contributed by atoms with Gasteiger partial charge in [0, 0.05) is 31.6 Å². The summed E-state index contributed by atoms with van der Waals surface area (Å²) in [6.45, 7) is 9.14. The molecule has 0 aromatic carbocycles. The van der Waals surface area contributed by atoms with E-state index in [2.05, 4.69) is 32.6 Å². The summed E-state index contributed by atoms with van der Waals surface area (Å²) >= 11 is 0. The van der Waals surface area contributed by atoms with Gasteiger partial charge in [0.15, 0.2) is 11.8 Å².